The van der Waals surface area contributed by atoms with Crippen LogP contribution in [0.5, 0.6) is 5.75 Å². The molecule has 4 nitrogen and oxygen atoms in total. The highest BCUT2D eigenvalue weighted by atomic mass is 16.5. The highest BCUT2D eigenvalue weighted by Crippen LogP contribution is 2.27. The quantitative estimate of drug-likeness (QED) is 0.767. The summed E-state index contributed by atoms with van der Waals surface area (Å²) in [6.07, 6.45) is 0.902. The van der Waals surface area contributed by atoms with E-state index in [0.29, 0.717) is 29.5 Å². The SMILES string of the molecule is CC(C)C[C@H]1COc2cccc(N)c2C(=O)N1. The average Bonchev–Trinajstić information content (AvgIpc) is 2.38. The minimum absolute atomic E-state index is 0.0503. The monoisotopic (exact) mass is 234 g/mol. The van der Waals surface area contributed by atoms with E-state index < -0.39 is 0 Å². The third-order valence-electron chi connectivity index (χ3n) is 2.82. The first kappa shape index (κ1) is 11.8. The third-order valence-corrected chi connectivity index (χ3v) is 2.82. The molecule has 0 bridgehead atoms. The summed E-state index contributed by atoms with van der Waals surface area (Å²) in [4.78, 5) is 12.0. The standard InChI is InChI=1S/C13H18N2O2/c1-8(2)6-9-7-17-11-5-3-4-10(14)12(11)13(16)15-9/h3-5,8-9H,6-7,14H2,1-2H3,(H,15,16)/t9-/m0/s1. The van der Waals surface area contributed by atoms with Crippen molar-refractivity contribution in [2.45, 2.75) is 26.3 Å². The molecule has 1 amide bonds. The van der Waals surface area contributed by atoms with Crippen LogP contribution in [0.15, 0.2) is 18.2 Å². The van der Waals surface area contributed by atoms with E-state index in [-0.39, 0.29) is 11.9 Å². The van der Waals surface area contributed by atoms with Crippen molar-refractivity contribution in [2.75, 3.05) is 12.3 Å². The molecule has 0 spiro atoms. The zero-order chi connectivity index (χ0) is 12.4. The number of rotatable bonds is 2. The molecule has 2 rings (SSSR count). The van der Waals surface area contributed by atoms with Gasteiger partial charge in [0.05, 0.1) is 6.04 Å². The number of nitrogens with one attached hydrogen (secondary N) is 1. The van der Waals surface area contributed by atoms with Crippen molar-refractivity contribution in [3.05, 3.63) is 23.8 Å². The predicted octanol–water partition coefficient (Wildman–Crippen LogP) is 1.81. The van der Waals surface area contributed by atoms with E-state index in [0.717, 1.165) is 6.42 Å². The lowest BCUT2D eigenvalue weighted by Crippen LogP contribution is -2.37. The summed E-state index contributed by atoms with van der Waals surface area (Å²) in [6.45, 7) is 4.75. The third kappa shape index (κ3) is 2.52. The van der Waals surface area contributed by atoms with Crippen molar-refractivity contribution >= 4 is 11.6 Å². The van der Waals surface area contributed by atoms with Gasteiger partial charge in [0.1, 0.15) is 17.9 Å². The fraction of sp³-hybridized carbons (Fsp3) is 0.462. The van der Waals surface area contributed by atoms with Gasteiger partial charge in [-0.1, -0.05) is 19.9 Å². The second-order valence-electron chi connectivity index (χ2n) is 4.83. The Labute approximate surface area is 101 Å². The van der Waals surface area contributed by atoms with Crippen LogP contribution in [0.25, 0.3) is 0 Å². The second-order valence-corrected chi connectivity index (χ2v) is 4.83. The van der Waals surface area contributed by atoms with Crippen molar-refractivity contribution in [3.8, 4) is 5.75 Å². The Balaban J connectivity index is 2.24. The van der Waals surface area contributed by atoms with E-state index in [2.05, 4.69) is 19.2 Å². The molecule has 1 aromatic carbocycles. The molecule has 0 fully saturated rings. The molecule has 1 heterocycles. The molecule has 1 aliphatic heterocycles. The van der Waals surface area contributed by atoms with Crippen molar-refractivity contribution in [3.63, 3.8) is 0 Å². The zero-order valence-electron chi connectivity index (χ0n) is 10.2. The molecule has 17 heavy (non-hydrogen) atoms. The Kier molecular flexibility index (Phi) is 3.22. The molecular weight excluding hydrogens is 216 g/mol. The Morgan fingerprint density at radius 2 is 2.29 bits per heavy atom. The maximum absolute atomic E-state index is 12.0. The topological polar surface area (TPSA) is 64.3 Å². The van der Waals surface area contributed by atoms with Gasteiger partial charge in [0.2, 0.25) is 0 Å². The maximum atomic E-state index is 12.0. The zero-order valence-corrected chi connectivity index (χ0v) is 10.2. The Morgan fingerprint density at radius 3 is 3.00 bits per heavy atom. The fourth-order valence-electron chi connectivity index (χ4n) is 2.10. The molecule has 1 aromatic rings. The molecule has 0 aromatic heterocycles. The summed E-state index contributed by atoms with van der Waals surface area (Å²) >= 11 is 0. The molecule has 0 saturated carbocycles. The molecular formula is C13H18N2O2. The average molecular weight is 234 g/mol. The van der Waals surface area contributed by atoms with Gasteiger partial charge in [-0.2, -0.15) is 0 Å². The lowest BCUT2D eigenvalue weighted by Gasteiger charge is -2.17. The van der Waals surface area contributed by atoms with Crippen molar-refractivity contribution in [1.29, 1.82) is 0 Å². The number of hydrogen-bond donors (Lipinski definition) is 2. The normalized spacial score (nSPS) is 19.2. The summed E-state index contributed by atoms with van der Waals surface area (Å²) in [6, 6.07) is 5.34. The molecule has 4 heteroatoms. The van der Waals surface area contributed by atoms with Crippen LogP contribution >= 0.6 is 0 Å². The maximum Gasteiger partial charge on any atom is 0.257 e. The largest absolute Gasteiger partial charge is 0.491 e. The van der Waals surface area contributed by atoms with Gasteiger partial charge in [-0.25, -0.2) is 0 Å². The molecule has 0 saturated heterocycles. The predicted molar refractivity (Wildman–Crippen MR) is 67.1 cm³/mol. The molecule has 92 valence electrons. The van der Waals surface area contributed by atoms with Gasteiger partial charge in [-0.15, -0.1) is 0 Å². The molecule has 0 unspecified atom stereocenters. The lowest BCUT2D eigenvalue weighted by molar-refractivity contribution is 0.0934. The van der Waals surface area contributed by atoms with Crippen molar-refractivity contribution in [1.82, 2.24) is 5.32 Å². The second kappa shape index (κ2) is 4.65. The van der Waals surface area contributed by atoms with E-state index in [4.69, 9.17) is 10.5 Å². The first-order valence-electron chi connectivity index (χ1n) is 5.90. The number of benzene rings is 1. The number of amides is 1. The number of carbonyl (C=O) groups is 1. The summed E-state index contributed by atoms with van der Waals surface area (Å²) in [7, 11) is 0. The summed E-state index contributed by atoms with van der Waals surface area (Å²) in [5.74, 6) is 0.956. The first-order valence-corrected chi connectivity index (χ1v) is 5.90. The van der Waals surface area contributed by atoms with Crippen LogP contribution in [0.3, 0.4) is 0 Å². The molecule has 0 radical (unpaired) electrons. The fourth-order valence-corrected chi connectivity index (χ4v) is 2.10. The van der Waals surface area contributed by atoms with Gasteiger partial charge >= 0.3 is 0 Å². The Morgan fingerprint density at radius 1 is 1.53 bits per heavy atom. The molecule has 1 atom stereocenters. The van der Waals surface area contributed by atoms with Crippen LogP contribution in [-0.4, -0.2) is 18.6 Å². The van der Waals surface area contributed by atoms with Gasteiger partial charge in [-0.3, -0.25) is 4.79 Å². The molecule has 3 N–H and O–H groups in total. The van der Waals surface area contributed by atoms with E-state index in [9.17, 15) is 4.79 Å². The highest BCUT2D eigenvalue weighted by molar-refractivity contribution is 6.02. The number of fused-ring (bicyclic) bond motifs is 1. The Bertz CT molecular complexity index is 429. The van der Waals surface area contributed by atoms with Crippen LogP contribution in [0.4, 0.5) is 5.69 Å². The van der Waals surface area contributed by atoms with Crippen LogP contribution in [0.2, 0.25) is 0 Å². The first-order chi connectivity index (χ1) is 8.08. The van der Waals surface area contributed by atoms with Gasteiger partial charge in [-0.05, 0) is 24.5 Å². The van der Waals surface area contributed by atoms with Crippen LogP contribution < -0.4 is 15.8 Å². The van der Waals surface area contributed by atoms with Crippen LogP contribution in [-0.2, 0) is 0 Å². The van der Waals surface area contributed by atoms with E-state index in [1.54, 1.807) is 18.2 Å². The number of ether oxygens (including phenoxy) is 1. The number of nitrogens with two attached hydrogens (primary N) is 1. The van der Waals surface area contributed by atoms with Gasteiger partial charge < -0.3 is 15.8 Å². The molecule has 0 aliphatic carbocycles. The van der Waals surface area contributed by atoms with Crippen molar-refractivity contribution in [2.24, 2.45) is 5.92 Å². The number of carbonyl (C=O) groups excluding carboxylic acids is 1. The van der Waals surface area contributed by atoms with Crippen molar-refractivity contribution < 1.29 is 9.53 Å². The number of nitrogen functional groups attached to an aromatic ring is 1. The van der Waals surface area contributed by atoms with Gasteiger partial charge in [0, 0.05) is 5.69 Å². The molecule has 1 aliphatic rings. The minimum Gasteiger partial charge on any atom is -0.491 e. The number of hydrogen-bond acceptors (Lipinski definition) is 3. The van der Waals surface area contributed by atoms with Gasteiger partial charge in [0.15, 0.2) is 0 Å². The van der Waals surface area contributed by atoms with Crippen LogP contribution in [0, 0.1) is 5.92 Å². The van der Waals surface area contributed by atoms with Crippen LogP contribution in [0.1, 0.15) is 30.6 Å². The summed E-state index contributed by atoms with van der Waals surface area (Å²) in [5, 5.41) is 2.96. The summed E-state index contributed by atoms with van der Waals surface area (Å²) in [5.41, 5.74) is 6.73. The number of anilines is 1. The lowest BCUT2D eigenvalue weighted by atomic mass is 10.0. The highest BCUT2D eigenvalue weighted by Gasteiger charge is 2.24. The smallest absolute Gasteiger partial charge is 0.257 e. The van der Waals surface area contributed by atoms with E-state index in [1.165, 1.54) is 0 Å². The summed E-state index contributed by atoms with van der Waals surface area (Å²) < 4.78 is 5.65. The Hall–Kier alpha value is -1.71. The van der Waals surface area contributed by atoms with E-state index in [1.807, 2.05) is 0 Å². The van der Waals surface area contributed by atoms with E-state index >= 15 is 0 Å². The van der Waals surface area contributed by atoms with Gasteiger partial charge in [0.25, 0.3) is 5.91 Å². The minimum atomic E-state index is -0.138.